The summed E-state index contributed by atoms with van der Waals surface area (Å²) < 4.78 is 49.9. The van der Waals surface area contributed by atoms with Crippen LogP contribution < -0.4 is 28.7 Å². The number of nitrogens with zero attached hydrogens (tertiary/aromatic N) is 2. The quantitative estimate of drug-likeness (QED) is 0.277. The van der Waals surface area contributed by atoms with Gasteiger partial charge in [-0.25, -0.2) is 13.8 Å². The van der Waals surface area contributed by atoms with E-state index in [1.807, 2.05) is 0 Å². The highest BCUT2D eigenvalue weighted by molar-refractivity contribution is 7.92. The Kier molecular flexibility index (Phi) is 9.43. The highest BCUT2D eigenvalue weighted by Crippen LogP contribution is 2.37. The zero-order chi connectivity index (χ0) is 27.9. The third kappa shape index (κ3) is 6.48. The molecule has 1 amide bonds. The Morgan fingerprint density at radius 3 is 2.11 bits per heavy atom. The van der Waals surface area contributed by atoms with Gasteiger partial charge in [-0.3, -0.25) is 9.10 Å². The van der Waals surface area contributed by atoms with E-state index in [4.69, 9.17) is 30.5 Å². The van der Waals surface area contributed by atoms with Gasteiger partial charge in [0.15, 0.2) is 11.5 Å². The maximum Gasteiger partial charge on any atom is 0.265 e. The molecular weight excluding hydrogens is 534 g/mol. The molecule has 0 unspecified atom stereocenters. The third-order valence-corrected chi connectivity index (χ3v) is 7.50. The molecule has 0 aliphatic rings. The number of anilines is 1. The van der Waals surface area contributed by atoms with E-state index in [1.165, 1.54) is 52.7 Å². The predicted molar refractivity (Wildman–Crippen MR) is 145 cm³/mol. The van der Waals surface area contributed by atoms with Crippen LogP contribution in [0, 0.1) is 0 Å². The van der Waals surface area contributed by atoms with Crippen molar-refractivity contribution >= 4 is 38.9 Å². The fraction of sp³-hybridized carbons (Fsp3) is 0.231. The summed E-state index contributed by atoms with van der Waals surface area (Å²) >= 11 is 5.93. The number of sulfonamides is 1. The van der Waals surface area contributed by atoms with Crippen molar-refractivity contribution in [2.75, 3.05) is 39.3 Å². The van der Waals surface area contributed by atoms with Crippen molar-refractivity contribution in [2.24, 2.45) is 5.10 Å². The van der Waals surface area contributed by atoms with Crippen LogP contribution in [0.1, 0.15) is 12.5 Å². The summed E-state index contributed by atoms with van der Waals surface area (Å²) in [5, 5.41) is 4.68. The minimum atomic E-state index is -4.32. The summed E-state index contributed by atoms with van der Waals surface area (Å²) in [7, 11) is 1.35. The Labute approximate surface area is 226 Å². The van der Waals surface area contributed by atoms with E-state index in [1.54, 1.807) is 43.3 Å². The van der Waals surface area contributed by atoms with Crippen LogP contribution in [-0.2, 0) is 14.8 Å². The van der Waals surface area contributed by atoms with Gasteiger partial charge < -0.3 is 18.9 Å². The molecule has 3 aromatic rings. The second kappa shape index (κ2) is 12.5. The number of hydrogen-bond acceptors (Lipinski definition) is 8. The minimum absolute atomic E-state index is 0.0928. The van der Waals surface area contributed by atoms with E-state index >= 15 is 0 Å². The van der Waals surface area contributed by atoms with Crippen molar-refractivity contribution < 1.29 is 32.2 Å². The summed E-state index contributed by atoms with van der Waals surface area (Å²) in [4.78, 5) is 12.9. The number of ether oxygens (including phenoxy) is 4. The summed E-state index contributed by atoms with van der Waals surface area (Å²) in [5.74, 6) is 0.446. The number of hydrogen-bond donors (Lipinski definition) is 1. The molecule has 1 N–H and O–H groups in total. The smallest absolute Gasteiger partial charge is 0.265 e. The lowest BCUT2D eigenvalue weighted by Gasteiger charge is -2.26. The van der Waals surface area contributed by atoms with Gasteiger partial charge >= 0.3 is 0 Å². The van der Waals surface area contributed by atoms with Gasteiger partial charge in [0.1, 0.15) is 18.0 Å². The largest absolute Gasteiger partial charge is 0.497 e. The lowest BCUT2D eigenvalue weighted by molar-refractivity contribution is -0.119. The Hall–Kier alpha value is -3.96. The number of methoxy groups -OCH3 is 4. The molecule has 0 aliphatic heterocycles. The topological polar surface area (TPSA) is 116 Å². The van der Waals surface area contributed by atoms with E-state index in [-0.39, 0.29) is 22.1 Å². The van der Waals surface area contributed by atoms with E-state index in [0.29, 0.717) is 22.2 Å². The molecule has 0 saturated carbocycles. The number of carbonyl (C=O) groups is 1. The lowest BCUT2D eigenvalue weighted by atomic mass is 10.1. The highest BCUT2D eigenvalue weighted by Gasteiger charge is 2.31. The zero-order valence-corrected chi connectivity index (χ0v) is 23.1. The van der Waals surface area contributed by atoms with Gasteiger partial charge in [-0.1, -0.05) is 23.7 Å². The second-order valence-corrected chi connectivity index (χ2v) is 10.1. The van der Waals surface area contributed by atoms with E-state index in [0.717, 1.165) is 9.87 Å². The van der Waals surface area contributed by atoms with Gasteiger partial charge in [0.05, 0.1) is 44.7 Å². The molecule has 3 aromatic carbocycles. The maximum absolute atomic E-state index is 13.9. The standard InChI is InChI=1S/C26H28ClN3O7S/c1-17(18-6-8-19(27)9-7-18)28-29-26(31)16-30(22-14-20(34-2)10-12-23(22)35-3)38(32,33)21-11-13-24(36-4)25(15-21)37-5/h6-15H,16H2,1-5H3,(H,29,31)/b28-17-. The van der Waals surface area contributed by atoms with Crippen LogP contribution in [0.25, 0.3) is 0 Å². The fourth-order valence-electron chi connectivity index (χ4n) is 3.46. The summed E-state index contributed by atoms with van der Waals surface area (Å²) in [6, 6.07) is 15.7. The average Bonchev–Trinajstić information content (AvgIpc) is 2.94. The Morgan fingerprint density at radius 2 is 1.50 bits per heavy atom. The minimum Gasteiger partial charge on any atom is -0.497 e. The van der Waals surface area contributed by atoms with Gasteiger partial charge in [-0.2, -0.15) is 5.10 Å². The third-order valence-electron chi connectivity index (χ3n) is 5.50. The van der Waals surface area contributed by atoms with Crippen molar-refractivity contribution in [1.82, 2.24) is 5.43 Å². The summed E-state index contributed by atoms with van der Waals surface area (Å²) in [6.07, 6.45) is 0. The van der Waals surface area contributed by atoms with Crippen LogP contribution >= 0.6 is 11.6 Å². The first kappa shape index (κ1) is 28.6. The first-order valence-corrected chi connectivity index (χ1v) is 13.0. The normalized spacial score (nSPS) is 11.5. The highest BCUT2D eigenvalue weighted by atomic mass is 35.5. The maximum atomic E-state index is 13.9. The molecule has 0 spiro atoms. The van der Waals surface area contributed by atoms with Crippen molar-refractivity contribution in [3.05, 3.63) is 71.2 Å². The molecule has 0 saturated heterocycles. The number of hydrazone groups is 1. The Bertz CT molecular complexity index is 1430. The van der Waals surface area contributed by atoms with Crippen LogP contribution in [0.4, 0.5) is 5.69 Å². The van der Waals surface area contributed by atoms with E-state index in [9.17, 15) is 13.2 Å². The summed E-state index contributed by atoms with van der Waals surface area (Å²) in [5.41, 5.74) is 3.75. The molecule has 202 valence electrons. The first-order chi connectivity index (χ1) is 18.1. The first-order valence-electron chi connectivity index (χ1n) is 11.2. The number of nitrogens with one attached hydrogen (secondary N) is 1. The number of rotatable bonds is 11. The van der Waals surface area contributed by atoms with Crippen molar-refractivity contribution in [2.45, 2.75) is 11.8 Å². The lowest BCUT2D eigenvalue weighted by Crippen LogP contribution is -2.40. The molecule has 0 bridgehead atoms. The van der Waals surface area contributed by atoms with Crippen LogP contribution in [0.3, 0.4) is 0 Å². The second-order valence-electron chi connectivity index (χ2n) is 7.81. The molecule has 0 heterocycles. The molecule has 3 rings (SSSR count). The van der Waals surface area contributed by atoms with E-state index in [2.05, 4.69) is 10.5 Å². The molecule has 0 fully saturated rings. The number of carbonyl (C=O) groups excluding carboxylic acids is 1. The Morgan fingerprint density at radius 1 is 0.868 bits per heavy atom. The molecular formula is C26H28ClN3O7S. The monoisotopic (exact) mass is 561 g/mol. The number of halogens is 1. The van der Waals surface area contributed by atoms with Gasteiger partial charge in [-0.15, -0.1) is 0 Å². The molecule has 12 heteroatoms. The predicted octanol–water partition coefficient (Wildman–Crippen LogP) is 4.11. The van der Waals surface area contributed by atoms with E-state index < -0.39 is 22.5 Å². The van der Waals surface area contributed by atoms with Crippen LogP contribution in [-0.4, -0.2) is 55.0 Å². The molecule has 0 atom stereocenters. The van der Waals surface area contributed by atoms with Gasteiger partial charge in [0, 0.05) is 17.2 Å². The van der Waals surface area contributed by atoms with Crippen molar-refractivity contribution in [1.29, 1.82) is 0 Å². The van der Waals surface area contributed by atoms with Gasteiger partial charge in [-0.05, 0) is 48.9 Å². The number of benzene rings is 3. The van der Waals surface area contributed by atoms with Crippen LogP contribution in [0.15, 0.2) is 70.7 Å². The number of amides is 1. The van der Waals surface area contributed by atoms with Crippen molar-refractivity contribution in [3.8, 4) is 23.0 Å². The SMILES string of the molecule is COc1ccc(OC)c(N(CC(=O)N/N=C(/C)c2ccc(Cl)cc2)S(=O)(=O)c2ccc(OC)c(OC)c2)c1. The zero-order valence-electron chi connectivity index (χ0n) is 21.5. The van der Waals surface area contributed by atoms with Crippen LogP contribution in [0.5, 0.6) is 23.0 Å². The molecule has 0 aliphatic carbocycles. The Balaban J connectivity index is 2.03. The molecule has 10 nitrogen and oxygen atoms in total. The fourth-order valence-corrected chi connectivity index (χ4v) is 5.03. The van der Waals surface area contributed by atoms with Crippen molar-refractivity contribution in [3.63, 3.8) is 0 Å². The van der Waals surface area contributed by atoms with Gasteiger partial charge in [0.2, 0.25) is 0 Å². The van der Waals surface area contributed by atoms with Gasteiger partial charge in [0.25, 0.3) is 15.9 Å². The molecule has 0 radical (unpaired) electrons. The molecule has 0 aromatic heterocycles. The average molecular weight is 562 g/mol. The molecule has 38 heavy (non-hydrogen) atoms. The summed E-state index contributed by atoms with van der Waals surface area (Å²) in [6.45, 7) is 1.09. The van der Waals surface area contributed by atoms with Crippen LogP contribution in [0.2, 0.25) is 5.02 Å².